The molecule has 2 rings (SSSR count). The van der Waals surface area contributed by atoms with Gasteiger partial charge in [0.1, 0.15) is 5.75 Å². The molecule has 1 amide bonds. The Morgan fingerprint density at radius 1 is 1.25 bits per heavy atom. The lowest BCUT2D eigenvalue weighted by Gasteiger charge is -2.15. The summed E-state index contributed by atoms with van der Waals surface area (Å²) in [4.78, 5) is 13.6. The van der Waals surface area contributed by atoms with Gasteiger partial charge in [0.05, 0.1) is 18.8 Å². The number of benzene rings is 1. The fourth-order valence-electron chi connectivity index (χ4n) is 2.07. The fourth-order valence-corrected chi connectivity index (χ4v) is 2.07. The summed E-state index contributed by atoms with van der Waals surface area (Å²) < 4.78 is 5.56. The third-order valence-electron chi connectivity index (χ3n) is 3.23. The zero-order chi connectivity index (χ0) is 14.7. The van der Waals surface area contributed by atoms with Gasteiger partial charge in [0, 0.05) is 18.7 Å². The number of aliphatic hydroxyl groups is 2. The van der Waals surface area contributed by atoms with Crippen molar-refractivity contribution in [1.82, 2.24) is 4.90 Å². The number of carbonyl (C=O) groups is 1. The Bertz CT molecular complexity index is 447. The molecule has 1 aromatic carbocycles. The second-order valence-corrected chi connectivity index (χ2v) is 5.57. The number of carbonyl (C=O) groups excluding carboxylic acids is 1. The molecule has 0 aromatic heterocycles. The van der Waals surface area contributed by atoms with Gasteiger partial charge in [0.15, 0.2) is 0 Å². The molecule has 1 aliphatic rings. The summed E-state index contributed by atoms with van der Waals surface area (Å²) in [6, 6.07) is 6.93. The van der Waals surface area contributed by atoms with Gasteiger partial charge in [-0.15, -0.1) is 0 Å². The van der Waals surface area contributed by atoms with Crippen LogP contribution >= 0.6 is 0 Å². The standard InChI is InChI=1S/C15H21NO4/c1-10(2)9-20-12-5-3-11(4-6-12)15(19)16-7-13(17)14(18)8-16/h3-6,10,13-14,17-18H,7-9H2,1-2H3/t13-,14+. The Balaban J connectivity index is 1.97. The molecule has 5 nitrogen and oxygen atoms in total. The van der Waals surface area contributed by atoms with E-state index in [-0.39, 0.29) is 19.0 Å². The Hall–Kier alpha value is -1.59. The van der Waals surface area contributed by atoms with E-state index in [0.717, 1.165) is 5.75 Å². The number of nitrogens with zero attached hydrogens (tertiary/aromatic N) is 1. The second kappa shape index (κ2) is 6.24. The van der Waals surface area contributed by atoms with E-state index < -0.39 is 12.2 Å². The number of ether oxygens (including phenoxy) is 1. The molecule has 1 saturated heterocycles. The van der Waals surface area contributed by atoms with Crippen molar-refractivity contribution < 1.29 is 19.7 Å². The van der Waals surface area contributed by atoms with E-state index in [1.54, 1.807) is 24.3 Å². The van der Waals surface area contributed by atoms with Crippen LogP contribution in [0.4, 0.5) is 0 Å². The molecule has 0 bridgehead atoms. The van der Waals surface area contributed by atoms with Crippen LogP contribution in [0, 0.1) is 5.92 Å². The van der Waals surface area contributed by atoms with E-state index in [0.29, 0.717) is 18.1 Å². The lowest BCUT2D eigenvalue weighted by molar-refractivity contribution is 0.0572. The number of rotatable bonds is 4. The molecule has 2 atom stereocenters. The first kappa shape index (κ1) is 14.8. The average Bonchev–Trinajstić information content (AvgIpc) is 2.76. The van der Waals surface area contributed by atoms with E-state index >= 15 is 0 Å². The van der Waals surface area contributed by atoms with Gasteiger partial charge in [-0.2, -0.15) is 0 Å². The van der Waals surface area contributed by atoms with Crippen molar-refractivity contribution in [3.05, 3.63) is 29.8 Å². The number of hydrogen-bond acceptors (Lipinski definition) is 4. The summed E-state index contributed by atoms with van der Waals surface area (Å²) in [6.07, 6.45) is -1.71. The molecular formula is C15H21NO4. The fraction of sp³-hybridized carbons (Fsp3) is 0.533. The van der Waals surface area contributed by atoms with Crippen LogP contribution in [-0.4, -0.2) is 52.9 Å². The maximum atomic E-state index is 12.2. The van der Waals surface area contributed by atoms with E-state index in [1.807, 2.05) is 0 Å². The topological polar surface area (TPSA) is 70.0 Å². The lowest BCUT2D eigenvalue weighted by Crippen LogP contribution is -2.29. The molecule has 1 fully saturated rings. The van der Waals surface area contributed by atoms with E-state index in [4.69, 9.17) is 4.74 Å². The number of hydrogen-bond donors (Lipinski definition) is 2. The zero-order valence-corrected chi connectivity index (χ0v) is 11.8. The molecule has 0 saturated carbocycles. The first-order chi connectivity index (χ1) is 9.47. The largest absolute Gasteiger partial charge is 0.493 e. The first-order valence-electron chi connectivity index (χ1n) is 6.85. The SMILES string of the molecule is CC(C)COc1ccc(C(=O)N2C[C@@H](O)[C@@H](O)C2)cc1. The smallest absolute Gasteiger partial charge is 0.254 e. The van der Waals surface area contributed by atoms with Crippen molar-refractivity contribution in [3.63, 3.8) is 0 Å². The summed E-state index contributed by atoms with van der Waals surface area (Å²) in [5.74, 6) is 0.997. The Morgan fingerprint density at radius 3 is 2.30 bits per heavy atom. The minimum Gasteiger partial charge on any atom is -0.493 e. The van der Waals surface area contributed by atoms with Crippen molar-refractivity contribution in [2.75, 3.05) is 19.7 Å². The number of likely N-dealkylation sites (tertiary alicyclic amines) is 1. The number of β-amino-alcohol motifs (C(OH)–C–C–N with tert-alkyl or cyclic N) is 2. The lowest BCUT2D eigenvalue weighted by atomic mass is 10.2. The summed E-state index contributed by atoms with van der Waals surface area (Å²) in [6.45, 7) is 5.12. The summed E-state index contributed by atoms with van der Waals surface area (Å²) in [7, 11) is 0. The molecule has 0 radical (unpaired) electrons. The van der Waals surface area contributed by atoms with Crippen molar-refractivity contribution >= 4 is 5.91 Å². The predicted molar refractivity (Wildman–Crippen MR) is 74.7 cm³/mol. The van der Waals surface area contributed by atoms with Gasteiger partial charge >= 0.3 is 0 Å². The Labute approximate surface area is 118 Å². The van der Waals surface area contributed by atoms with E-state index in [9.17, 15) is 15.0 Å². The van der Waals surface area contributed by atoms with Crippen LogP contribution < -0.4 is 4.74 Å². The van der Waals surface area contributed by atoms with Crippen LogP contribution in [0.15, 0.2) is 24.3 Å². The highest BCUT2D eigenvalue weighted by molar-refractivity contribution is 5.94. The number of amides is 1. The molecular weight excluding hydrogens is 258 g/mol. The molecule has 20 heavy (non-hydrogen) atoms. The highest BCUT2D eigenvalue weighted by Crippen LogP contribution is 2.17. The van der Waals surface area contributed by atoms with Gasteiger partial charge < -0.3 is 19.8 Å². The molecule has 0 aliphatic carbocycles. The van der Waals surface area contributed by atoms with Crippen LogP contribution in [0.5, 0.6) is 5.75 Å². The van der Waals surface area contributed by atoms with Gasteiger partial charge in [0.2, 0.25) is 0 Å². The van der Waals surface area contributed by atoms with Crippen LogP contribution in [0.1, 0.15) is 24.2 Å². The maximum Gasteiger partial charge on any atom is 0.254 e. The van der Waals surface area contributed by atoms with Crippen LogP contribution in [0.25, 0.3) is 0 Å². The normalized spacial score (nSPS) is 22.4. The predicted octanol–water partition coefficient (Wildman–Crippen LogP) is 0.899. The Morgan fingerprint density at radius 2 is 1.80 bits per heavy atom. The quantitative estimate of drug-likeness (QED) is 0.859. The van der Waals surface area contributed by atoms with Crippen molar-refractivity contribution in [1.29, 1.82) is 0 Å². The molecule has 1 heterocycles. The first-order valence-corrected chi connectivity index (χ1v) is 6.85. The van der Waals surface area contributed by atoms with Gasteiger partial charge in [-0.1, -0.05) is 13.8 Å². The van der Waals surface area contributed by atoms with Gasteiger partial charge in [0.25, 0.3) is 5.91 Å². The molecule has 0 spiro atoms. The summed E-state index contributed by atoms with van der Waals surface area (Å²) >= 11 is 0. The summed E-state index contributed by atoms with van der Waals surface area (Å²) in [5.41, 5.74) is 0.531. The monoisotopic (exact) mass is 279 g/mol. The molecule has 5 heteroatoms. The van der Waals surface area contributed by atoms with Crippen LogP contribution in [0.2, 0.25) is 0 Å². The van der Waals surface area contributed by atoms with Gasteiger partial charge in [-0.3, -0.25) is 4.79 Å². The molecule has 1 aromatic rings. The molecule has 0 unspecified atom stereocenters. The minimum atomic E-state index is -0.854. The zero-order valence-electron chi connectivity index (χ0n) is 11.8. The van der Waals surface area contributed by atoms with E-state index in [1.165, 1.54) is 4.90 Å². The molecule has 1 aliphatic heterocycles. The van der Waals surface area contributed by atoms with Gasteiger partial charge in [-0.05, 0) is 30.2 Å². The second-order valence-electron chi connectivity index (χ2n) is 5.57. The maximum absolute atomic E-state index is 12.2. The van der Waals surface area contributed by atoms with Crippen molar-refractivity contribution in [2.45, 2.75) is 26.1 Å². The number of aliphatic hydroxyl groups excluding tert-OH is 2. The van der Waals surface area contributed by atoms with Crippen LogP contribution in [0.3, 0.4) is 0 Å². The van der Waals surface area contributed by atoms with Gasteiger partial charge in [-0.25, -0.2) is 0 Å². The summed E-state index contributed by atoms with van der Waals surface area (Å²) in [5, 5.41) is 18.9. The molecule has 2 N–H and O–H groups in total. The highest BCUT2D eigenvalue weighted by atomic mass is 16.5. The van der Waals surface area contributed by atoms with E-state index in [2.05, 4.69) is 13.8 Å². The molecule has 110 valence electrons. The average molecular weight is 279 g/mol. The third-order valence-corrected chi connectivity index (χ3v) is 3.23. The van der Waals surface area contributed by atoms with Crippen molar-refractivity contribution in [3.8, 4) is 5.75 Å². The van der Waals surface area contributed by atoms with Crippen molar-refractivity contribution in [2.24, 2.45) is 5.92 Å². The minimum absolute atomic E-state index is 0.172. The highest BCUT2D eigenvalue weighted by Gasteiger charge is 2.32. The Kier molecular flexibility index (Phi) is 4.62. The third kappa shape index (κ3) is 3.49. The van der Waals surface area contributed by atoms with Crippen LogP contribution in [-0.2, 0) is 0 Å².